The Morgan fingerprint density at radius 2 is 2.14 bits per heavy atom. The van der Waals surface area contributed by atoms with E-state index in [4.69, 9.17) is 5.11 Å². The number of aromatic nitrogens is 1. The number of Topliss-reactive ketones (excluding diaryl/α,β-unsaturated/α-hetero) is 1. The lowest BCUT2D eigenvalue weighted by Crippen LogP contribution is -2.24. The summed E-state index contributed by atoms with van der Waals surface area (Å²) >= 11 is 1.14. The predicted octanol–water partition coefficient (Wildman–Crippen LogP) is -0.832. The molecule has 0 unspecified atom stereocenters. The van der Waals surface area contributed by atoms with Crippen molar-refractivity contribution < 1.29 is 19.5 Å². The monoisotopic (exact) mass is 214 g/mol. The second-order valence-electron chi connectivity index (χ2n) is 2.35. The number of carboxylic acid groups (broad SMARTS) is 1. The molecule has 0 fully saturated rings. The van der Waals surface area contributed by atoms with E-state index in [2.05, 4.69) is 4.99 Å². The SMILES string of the molecule is Cn1ccsc1=NC(=O)C(=O)C(=O)O. The van der Waals surface area contributed by atoms with Crippen LogP contribution in [-0.4, -0.2) is 27.3 Å². The third kappa shape index (κ3) is 2.13. The largest absolute Gasteiger partial charge is 0.475 e. The van der Waals surface area contributed by atoms with Gasteiger partial charge in [-0.15, -0.1) is 11.3 Å². The molecule has 0 radical (unpaired) electrons. The van der Waals surface area contributed by atoms with Crippen LogP contribution in [0.25, 0.3) is 0 Å². The van der Waals surface area contributed by atoms with Crippen molar-refractivity contribution in [1.82, 2.24) is 4.57 Å². The summed E-state index contributed by atoms with van der Waals surface area (Å²) in [5.74, 6) is -4.59. The molecule has 14 heavy (non-hydrogen) atoms. The number of amides is 1. The first-order chi connectivity index (χ1) is 6.52. The zero-order valence-electron chi connectivity index (χ0n) is 7.13. The molecular formula is C7H6N2O4S. The van der Waals surface area contributed by atoms with Gasteiger partial charge in [0.1, 0.15) is 0 Å². The van der Waals surface area contributed by atoms with Crippen LogP contribution in [0.1, 0.15) is 0 Å². The number of hydrogen-bond acceptors (Lipinski definition) is 4. The molecule has 0 aliphatic carbocycles. The number of carbonyl (C=O) groups is 3. The second-order valence-corrected chi connectivity index (χ2v) is 3.22. The zero-order valence-corrected chi connectivity index (χ0v) is 7.95. The molecule has 1 rings (SSSR count). The molecule has 1 aromatic heterocycles. The maximum Gasteiger partial charge on any atom is 0.382 e. The van der Waals surface area contributed by atoms with Crippen molar-refractivity contribution in [2.24, 2.45) is 12.0 Å². The van der Waals surface area contributed by atoms with Crippen LogP contribution in [0.2, 0.25) is 0 Å². The van der Waals surface area contributed by atoms with E-state index in [9.17, 15) is 14.4 Å². The Hall–Kier alpha value is -1.76. The Balaban J connectivity index is 3.01. The first-order valence-electron chi connectivity index (χ1n) is 3.49. The Bertz CT molecular complexity index is 456. The van der Waals surface area contributed by atoms with Crippen LogP contribution >= 0.6 is 11.3 Å². The fourth-order valence-electron chi connectivity index (χ4n) is 0.664. The number of carbonyl (C=O) groups excluding carboxylic acids is 2. The molecule has 1 heterocycles. The first kappa shape index (κ1) is 10.3. The van der Waals surface area contributed by atoms with E-state index < -0.39 is 17.7 Å². The molecule has 0 atom stereocenters. The van der Waals surface area contributed by atoms with Crippen molar-refractivity contribution in [2.45, 2.75) is 0 Å². The van der Waals surface area contributed by atoms with Crippen molar-refractivity contribution in [1.29, 1.82) is 0 Å². The van der Waals surface area contributed by atoms with E-state index >= 15 is 0 Å². The van der Waals surface area contributed by atoms with Crippen LogP contribution < -0.4 is 4.80 Å². The van der Waals surface area contributed by atoms with Gasteiger partial charge >= 0.3 is 17.7 Å². The van der Waals surface area contributed by atoms with Crippen molar-refractivity contribution in [2.75, 3.05) is 0 Å². The third-order valence-corrected chi connectivity index (χ3v) is 2.19. The smallest absolute Gasteiger partial charge is 0.382 e. The number of nitrogens with zero attached hydrogens (tertiary/aromatic N) is 2. The molecule has 6 nitrogen and oxygen atoms in total. The van der Waals surface area contributed by atoms with Gasteiger partial charge in [-0.25, -0.2) is 4.79 Å². The number of thiazole rings is 1. The minimum atomic E-state index is -1.79. The zero-order chi connectivity index (χ0) is 10.7. The quantitative estimate of drug-likeness (QED) is 0.514. The van der Waals surface area contributed by atoms with E-state index in [0.29, 0.717) is 0 Å². The third-order valence-electron chi connectivity index (χ3n) is 1.35. The summed E-state index contributed by atoms with van der Waals surface area (Å²) in [6.45, 7) is 0. The van der Waals surface area contributed by atoms with Gasteiger partial charge in [-0.3, -0.25) is 9.59 Å². The van der Waals surface area contributed by atoms with Crippen LogP contribution in [0.3, 0.4) is 0 Å². The summed E-state index contributed by atoms with van der Waals surface area (Å²) in [6, 6.07) is 0. The topological polar surface area (TPSA) is 88.7 Å². The molecule has 0 aromatic carbocycles. The van der Waals surface area contributed by atoms with Gasteiger partial charge in [0.25, 0.3) is 0 Å². The summed E-state index contributed by atoms with van der Waals surface area (Å²) in [6.07, 6.45) is 1.64. The number of aryl methyl sites for hydroxylation is 1. The Kier molecular flexibility index (Phi) is 2.92. The van der Waals surface area contributed by atoms with Gasteiger partial charge in [-0.2, -0.15) is 4.99 Å². The van der Waals surface area contributed by atoms with Crippen LogP contribution in [0.4, 0.5) is 0 Å². The van der Waals surface area contributed by atoms with E-state index in [1.807, 2.05) is 0 Å². The molecular weight excluding hydrogens is 208 g/mol. The molecule has 1 aromatic rings. The fourth-order valence-corrected chi connectivity index (χ4v) is 1.39. The Labute approximate surface area is 82.1 Å². The maximum absolute atomic E-state index is 10.9. The van der Waals surface area contributed by atoms with E-state index in [1.54, 1.807) is 18.6 Å². The van der Waals surface area contributed by atoms with E-state index in [-0.39, 0.29) is 4.80 Å². The number of carboxylic acids is 1. The van der Waals surface area contributed by atoms with Gasteiger partial charge in [-0.1, -0.05) is 0 Å². The van der Waals surface area contributed by atoms with E-state index in [0.717, 1.165) is 11.3 Å². The van der Waals surface area contributed by atoms with Gasteiger partial charge in [0.15, 0.2) is 4.80 Å². The highest BCUT2D eigenvalue weighted by molar-refractivity contribution is 7.07. The standard InChI is InChI=1S/C7H6N2O4S/c1-9-2-3-14-7(9)8-5(11)4(10)6(12)13/h2-3H,1H3,(H,12,13). The van der Waals surface area contributed by atoms with Gasteiger partial charge in [0.05, 0.1) is 0 Å². The summed E-state index contributed by atoms with van der Waals surface area (Å²) in [4.78, 5) is 35.3. The first-order valence-corrected chi connectivity index (χ1v) is 4.37. The number of hydrogen-bond donors (Lipinski definition) is 1. The lowest BCUT2D eigenvalue weighted by molar-refractivity contribution is -0.152. The van der Waals surface area contributed by atoms with Crippen LogP contribution in [0.5, 0.6) is 0 Å². The van der Waals surface area contributed by atoms with Gasteiger partial charge in [-0.05, 0) is 0 Å². The van der Waals surface area contributed by atoms with Crippen molar-refractivity contribution in [3.63, 3.8) is 0 Å². The lowest BCUT2D eigenvalue weighted by Gasteiger charge is -1.88. The number of rotatable bonds is 2. The van der Waals surface area contributed by atoms with Crippen LogP contribution in [0, 0.1) is 0 Å². The highest BCUT2D eigenvalue weighted by Gasteiger charge is 2.20. The fraction of sp³-hybridized carbons (Fsp3) is 0.143. The average Bonchev–Trinajstić information content (AvgIpc) is 2.50. The molecule has 1 amide bonds. The molecule has 0 aliphatic heterocycles. The molecule has 0 saturated carbocycles. The van der Waals surface area contributed by atoms with Crippen LogP contribution in [0.15, 0.2) is 16.6 Å². The molecule has 0 saturated heterocycles. The second kappa shape index (κ2) is 3.97. The van der Waals surface area contributed by atoms with Crippen molar-refractivity contribution in [3.8, 4) is 0 Å². The van der Waals surface area contributed by atoms with Crippen LogP contribution in [-0.2, 0) is 21.4 Å². The predicted molar refractivity (Wildman–Crippen MR) is 46.5 cm³/mol. The van der Waals surface area contributed by atoms with Gasteiger partial charge < -0.3 is 9.67 Å². The van der Waals surface area contributed by atoms with Crippen molar-refractivity contribution in [3.05, 3.63) is 16.4 Å². The number of ketones is 1. The average molecular weight is 214 g/mol. The number of aliphatic carboxylic acids is 1. The maximum atomic E-state index is 10.9. The molecule has 0 spiro atoms. The Morgan fingerprint density at radius 1 is 1.50 bits per heavy atom. The normalized spacial score (nSPS) is 11.4. The highest BCUT2D eigenvalue weighted by Crippen LogP contribution is 1.87. The van der Waals surface area contributed by atoms with Gasteiger partial charge in [0, 0.05) is 18.6 Å². The highest BCUT2D eigenvalue weighted by atomic mass is 32.1. The molecule has 74 valence electrons. The van der Waals surface area contributed by atoms with E-state index in [1.165, 1.54) is 4.57 Å². The molecule has 7 heteroatoms. The van der Waals surface area contributed by atoms with Crippen molar-refractivity contribution >= 4 is 29.0 Å². The lowest BCUT2D eigenvalue weighted by atomic mass is 10.4. The molecule has 1 N–H and O–H groups in total. The van der Waals surface area contributed by atoms with Gasteiger partial charge in [0.2, 0.25) is 0 Å². The minimum Gasteiger partial charge on any atom is -0.475 e. The minimum absolute atomic E-state index is 0.282. The Morgan fingerprint density at radius 3 is 2.57 bits per heavy atom. The summed E-state index contributed by atoms with van der Waals surface area (Å²) in [5, 5.41) is 9.88. The molecule has 0 aliphatic rings. The summed E-state index contributed by atoms with van der Waals surface area (Å²) < 4.78 is 1.51. The summed E-state index contributed by atoms with van der Waals surface area (Å²) in [7, 11) is 1.63. The molecule has 0 bridgehead atoms. The summed E-state index contributed by atoms with van der Waals surface area (Å²) in [5.41, 5.74) is 0.